The van der Waals surface area contributed by atoms with Gasteiger partial charge in [-0.3, -0.25) is 0 Å². The van der Waals surface area contributed by atoms with Crippen LogP contribution >= 0.6 is 0 Å². The predicted molar refractivity (Wildman–Crippen MR) is 29.1 cm³/mol. The predicted octanol–water partition coefficient (Wildman–Crippen LogP) is 0.792. The Hall–Kier alpha value is -0.550. The van der Waals surface area contributed by atoms with Crippen molar-refractivity contribution in [3.05, 3.63) is 0 Å². The number of rotatable bonds is 0. The molecule has 0 spiro atoms. The van der Waals surface area contributed by atoms with Crippen LogP contribution in [0.1, 0.15) is 6.92 Å². The van der Waals surface area contributed by atoms with E-state index in [1.165, 1.54) is 0 Å². The van der Waals surface area contributed by atoms with Crippen LogP contribution in [0.3, 0.4) is 0 Å². The molecule has 0 bridgehead atoms. The van der Waals surface area contributed by atoms with E-state index in [4.69, 9.17) is 10.00 Å². The summed E-state index contributed by atoms with van der Waals surface area (Å²) in [4.78, 5) is 0. The Balaban J connectivity index is 2.45. The molecule has 1 unspecified atom stereocenters. The molecular weight excluding hydrogens is 102 g/mol. The lowest BCUT2D eigenvalue weighted by molar-refractivity contribution is 0.185. The summed E-state index contributed by atoms with van der Waals surface area (Å²) in [5, 5.41) is 8.41. The van der Waals surface area contributed by atoms with E-state index in [-0.39, 0.29) is 5.92 Å². The van der Waals surface area contributed by atoms with Crippen molar-refractivity contribution in [2.75, 3.05) is 13.2 Å². The molecule has 0 saturated carbocycles. The highest BCUT2D eigenvalue weighted by atomic mass is 16.5. The first-order valence-corrected chi connectivity index (χ1v) is 2.82. The van der Waals surface area contributed by atoms with Gasteiger partial charge in [-0.1, -0.05) is 6.92 Å². The summed E-state index contributed by atoms with van der Waals surface area (Å²) in [5.41, 5.74) is 0. The molecule has 2 heteroatoms. The molecule has 1 aliphatic heterocycles. The fourth-order valence-corrected chi connectivity index (χ4v) is 0.826. The molecule has 1 aliphatic rings. The molecule has 1 rings (SSSR count). The zero-order valence-corrected chi connectivity index (χ0v) is 4.92. The summed E-state index contributed by atoms with van der Waals surface area (Å²) in [5.74, 6) is 0.593. The van der Waals surface area contributed by atoms with Crippen LogP contribution in [0, 0.1) is 23.2 Å². The maximum atomic E-state index is 8.41. The van der Waals surface area contributed by atoms with Gasteiger partial charge < -0.3 is 4.74 Å². The van der Waals surface area contributed by atoms with E-state index >= 15 is 0 Å². The van der Waals surface area contributed by atoms with Crippen molar-refractivity contribution >= 4 is 0 Å². The van der Waals surface area contributed by atoms with E-state index < -0.39 is 0 Å². The second-order valence-electron chi connectivity index (χ2n) is 2.25. The highest BCUT2D eigenvalue weighted by molar-refractivity contribution is 4.89. The summed E-state index contributed by atoms with van der Waals surface area (Å²) < 4.78 is 5.04. The van der Waals surface area contributed by atoms with Crippen LogP contribution in [0.15, 0.2) is 0 Å². The molecule has 8 heavy (non-hydrogen) atoms. The normalized spacial score (nSPS) is 37.0. The molecule has 0 aromatic rings. The van der Waals surface area contributed by atoms with Gasteiger partial charge in [0.1, 0.15) is 0 Å². The van der Waals surface area contributed by atoms with E-state index in [9.17, 15) is 0 Å². The molecular formula is C6H9NO. The first-order chi connectivity index (χ1) is 3.84. The maximum absolute atomic E-state index is 8.41. The molecule has 2 nitrogen and oxygen atoms in total. The monoisotopic (exact) mass is 111 g/mol. The van der Waals surface area contributed by atoms with E-state index in [1.807, 2.05) is 6.92 Å². The Bertz CT molecular complexity index is 116. The molecule has 1 saturated heterocycles. The van der Waals surface area contributed by atoms with Gasteiger partial charge in [-0.25, -0.2) is 0 Å². The molecule has 0 amide bonds. The molecule has 0 aromatic heterocycles. The Morgan fingerprint density at radius 3 is 2.62 bits per heavy atom. The molecule has 1 fully saturated rings. The number of ether oxygens (including phenoxy) is 1. The quantitative estimate of drug-likeness (QED) is 0.463. The summed E-state index contributed by atoms with van der Waals surface area (Å²) in [6, 6.07) is 2.19. The zero-order valence-electron chi connectivity index (χ0n) is 4.92. The number of nitriles is 1. The fourth-order valence-electron chi connectivity index (χ4n) is 0.826. The highest BCUT2D eigenvalue weighted by Gasteiger charge is 2.23. The summed E-state index contributed by atoms with van der Waals surface area (Å²) in [6.07, 6.45) is 0. The lowest BCUT2D eigenvalue weighted by Crippen LogP contribution is -2.04. The summed E-state index contributed by atoms with van der Waals surface area (Å²) in [7, 11) is 0. The van der Waals surface area contributed by atoms with E-state index in [1.54, 1.807) is 0 Å². The Morgan fingerprint density at radius 1 is 1.62 bits per heavy atom. The van der Waals surface area contributed by atoms with E-state index in [2.05, 4.69) is 6.07 Å². The van der Waals surface area contributed by atoms with Crippen molar-refractivity contribution in [1.29, 1.82) is 5.26 Å². The number of nitrogens with zero attached hydrogens (tertiary/aromatic N) is 1. The van der Waals surface area contributed by atoms with Gasteiger partial charge in [0.2, 0.25) is 0 Å². The Kier molecular flexibility index (Phi) is 1.50. The minimum Gasteiger partial charge on any atom is -0.380 e. The molecule has 1 heterocycles. The highest BCUT2D eigenvalue weighted by Crippen LogP contribution is 2.17. The minimum atomic E-state index is 0.148. The van der Waals surface area contributed by atoms with Crippen molar-refractivity contribution in [2.24, 2.45) is 11.8 Å². The van der Waals surface area contributed by atoms with Gasteiger partial charge in [0.05, 0.1) is 25.2 Å². The van der Waals surface area contributed by atoms with Crippen LogP contribution in [0.25, 0.3) is 0 Å². The van der Waals surface area contributed by atoms with Crippen LogP contribution in [0.5, 0.6) is 0 Å². The van der Waals surface area contributed by atoms with Crippen LogP contribution in [0.2, 0.25) is 0 Å². The van der Waals surface area contributed by atoms with Gasteiger partial charge >= 0.3 is 0 Å². The van der Waals surface area contributed by atoms with Gasteiger partial charge in [-0.2, -0.15) is 5.26 Å². The lowest BCUT2D eigenvalue weighted by atomic mass is 10.0. The van der Waals surface area contributed by atoms with E-state index in [0.29, 0.717) is 12.5 Å². The smallest absolute Gasteiger partial charge is 0.0744 e. The van der Waals surface area contributed by atoms with Crippen LogP contribution in [-0.2, 0) is 4.74 Å². The van der Waals surface area contributed by atoms with Gasteiger partial charge in [0, 0.05) is 0 Å². The molecule has 0 aliphatic carbocycles. The molecule has 44 valence electrons. The average molecular weight is 111 g/mol. The first-order valence-electron chi connectivity index (χ1n) is 2.82. The van der Waals surface area contributed by atoms with Crippen molar-refractivity contribution in [1.82, 2.24) is 0 Å². The number of hydrogen-bond donors (Lipinski definition) is 0. The van der Waals surface area contributed by atoms with Gasteiger partial charge in [-0.15, -0.1) is 0 Å². The largest absolute Gasteiger partial charge is 0.380 e. The van der Waals surface area contributed by atoms with Crippen molar-refractivity contribution in [2.45, 2.75) is 6.92 Å². The third-order valence-corrected chi connectivity index (χ3v) is 1.53. The molecule has 0 radical (unpaired) electrons. The molecule has 0 aromatic carbocycles. The van der Waals surface area contributed by atoms with Gasteiger partial charge in [0.15, 0.2) is 0 Å². The maximum Gasteiger partial charge on any atom is 0.0744 e. The third-order valence-electron chi connectivity index (χ3n) is 1.53. The summed E-state index contributed by atoms with van der Waals surface area (Å²) in [6.45, 7) is 3.44. The third kappa shape index (κ3) is 0.823. The van der Waals surface area contributed by atoms with Crippen molar-refractivity contribution in [3.63, 3.8) is 0 Å². The first kappa shape index (κ1) is 5.58. The second-order valence-corrected chi connectivity index (χ2v) is 2.25. The number of hydrogen-bond acceptors (Lipinski definition) is 2. The van der Waals surface area contributed by atoms with Crippen molar-refractivity contribution < 1.29 is 4.74 Å². The Morgan fingerprint density at radius 2 is 2.38 bits per heavy atom. The van der Waals surface area contributed by atoms with Crippen LogP contribution in [-0.4, -0.2) is 13.2 Å². The van der Waals surface area contributed by atoms with E-state index in [0.717, 1.165) is 6.61 Å². The van der Waals surface area contributed by atoms with Gasteiger partial charge in [0.25, 0.3) is 0 Å². The van der Waals surface area contributed by atoms with Crippen LogP contribution in [0.4, 0.5) is 0 Å². The zero-order chi connectivity index (χ0) is 5.98. The van der Waals surface area contributed by atoms with Crippen LogP contribution < -0.4 is 0 Å². The van der Waals surface area contributed by atoms with Gasteiger partial charge in [-0.05, 0) is 5.92 Å². The second kappa shape index (κ2) is 2.15. The molecule has 2 atom stereocenters. The minimum absolute atomic E-state index is 0.148. The van der Waals surface area contributed by atoms with Crippen molar-refractivity contribution in [3.8, 4) is 6.07 Å². The summed E-state index contributed by atoms with van der Waals surface area (Å²) >= 11 is 0. The topological polar surface area (TPSA) is 33.0 Å². The lowest BCUT2D eigenvalue weighted by Gasteiger charge is -1.98. The Labute approximate surface area is 49.1 Å². The molecule has 0 N–H and O–H groups in total. The average Bonchev–Trinajstić information content (AvgIpc) is 2.14. The fraction of sp³-hybridized carbons (Fsp3) is 0.833. The standard InChI is InChI=1S/C6H9NO/c1-5-3-8-4-6(5)2-7/h5-6H,3-4H2,1H3/t5-,6?/m1/s1. The SMILES string of the molecule is C[C@@H]1COCC1C#N.